The van der Waals surface area contributed by atoms with Crippen LogP contribution < -0.4 is 5.32 Å². The summed E-state index contributed by atoms with van der Waals surface area (Å²) in [6.45, 7) is 1.91. The molecule has 0 radical (unpaired) electrons. The zero-order chi connectivity index (χ0) is 17.0. The van der Waals surface area contributed by atoms with E-state index in [4.69, 9.17) is 0 Å². The molecular weight excluding hydrogens is 304 g/mol. The van der Waals surface area contributed by atoms with Crippen molar-refractivity contribution in [3.05, 3.63) is 70.8 Å². The second-order valence-corrected chi connectivity index (χ2v) is 5.18. The van der Waals surface area contributed by atoms with Gasteiger partial charge in [-0.15, -0.1) is 0 Å². The monoisotopic (exact) mass is 319 g/mol. The first kappa shape index (κ1) is 16.6. The summed E-state index contributed by atoms with van der Waals surface area (Å²) < 4.78 is 26.0. The van der Waals surface area contributed by atoms with Gasteiger partial charge in [-0.05, 0) is 30.7 Å². The second-order valence-electron chi connectivity index (χ2n) is 5.18. The number of hydrogen-bond acceptors (Lipinski definition) is 2. The van der Waals surface area contributed by atoms with Gasteiger partial charge in [0.05, 0.1) is 0 Å². The Kier molecular flexibility index (Phi) is 5.05. The van der Waals surface area contributed by atoms with Gasteiger partial charge in [0.2, 0.25) is 0 Å². The van der Waals surface area contributed by atoms with Gasteiger partial charge in [0.25, 0.3) is 5.91 Å². The molecule has 0 saturated heterocycles. The van der Waals surface area contributed by atoms with Crippen LogP contribution in [0.25, 0.3) is 0 Å². The Hall–Kier alpha value is -2.76. The van der Waals surface area contributed by atoms with Crippen molar-refractivity contribution in [2.45, 2.75) is 19.4 Å². The summed E-state index contributed by atoms with van der Waals surface area (Å²) in [6.07, 6.45) is 0.0883. The highest BCUT2D eigenvalue weighted by molar-refractivity contribution is 5.96. The number of aliphatic carboxylic acids is 1. The predicted octanol–water partition coefficient (Wildman–Crippen LogP) is 2.70. The standard InChI is InChI=1S/C17H15F2NO3/c1-10-2-4-11(5-3-10)8-15(17(22)23)20-16(21)12-6-7-13(18)14(19)9-12/h2-7,9,15H,8H2,1H3,(H,20,21)(H,22,23)/t15-/m1/s1. The molecule has 0 spiro atoms. The average molecular weight is 319 g/mol. The van der Waals surface area contributed by atoms with E-state index in [0.717, 1.165) is 29.3 Å². The summed E-state index contributed by atoms with van der Waals surface area (Å²) in [5.74, 6) is -4.22. The van der Waals surface area contributed by atoms with Crippen LogP contribution in [0.3, 0.4) is 0 Å². The normalized spacial score (nSPS) is 11.8. The summed E-state index contributed by atoms with van der Waals surface area (Å²) in [5.41, 5.74) is 1.64. The number of benzene rings is 2. The number of carbonyl (C=O) groups excluding carboxylic acids is 1. The topological polar surface area (TPSA) is 66.4 Å². The Bertz CT molecular complexity index is 729. The van der Waals surface area contributed by atoms with E-state index in [1.807, 2.05) is 19.1 Å². The van der Waals surface area contributed by atoms with Crippen LogP contribution in [0, 0.1) is 18.6 Å². The van der Waals surface area contributed by atoms with Crippen LogP contribution in [0.15, 0.2) is 42.5 Å². The van der Waals surface area contributed by atoms with Crippen molar-refractivity contribution in [1.29, 1.82) is 0 Å². The number of carboxylic acid groups (broad SMARTS) is 1. The van der Waals surface area contributed by atoms with Crippen molar-refractivity contribution in [2.75, 3.05) is 0 Å². The number of halogens is 2. The van der Waals surface area contributed by atoms with E-state index >= 15 is 0 Å². The fourth-order valence-electron chi connectivity index (χ4n) is 2.04. The Morgan fingerprint density at radius 3 is 2.30 bits per heavy atom. The Morgan fingerprint density at radius 2 is 1.74 bits per heavy atom. The minimum atomic E-state index is -1.21. The van der Waals surface area contributed by atoms with E-state index in [-0.39, 0.29) is 12.0 Å². The molecule has 1 atom stereocenters. The van der Waals surface area contributed by atoms with E-state index in [2.05, 4.69) is 5.32 Å². The lowest BCUT2D eigenvalue weighted by molar-refractivity contribution is -0.139. The molecule has 2 aromatic rings. The van der Waals surface area contributed by atoms with Crippen LogP contribution >= 0.6 is 0 Å². The molecule has 0 aliphatic heterocycles. The smallest absolute Gasteiger partial charge is 0.326 e. The fourth-order valence-corrected chi connectivity index (χ4v) is 2.04. The van der Waals surface area contributed by atoms with Crippen molar-refractivity contribution in [2.24, 2.45) is 0 Å². The SMILES string of the molecule is Cc1ccc(C[C@@H](NC(=O)c2ccc(F)c(F)c2)C(=O)O)cc1. The van der Waals surface area contributed by atoms with E-state index in [1.165, 1.54) is 0 Å². The minimum absolute atomic E-state index is 0.0883. The van der Waals surface area contributed by atoms with Crippen LogP contribution in [0.4, 0.5) is 8.78 Å². The molecular formula is C17H15F2NO3. The summed E-state index contributed by atoms with van der Waals surface area (Å²) in [6, 6.07) is 8.70. The molecule has 0 saturated carbocycles. The zero-order valence-electron chi connectivity index (χ0n) is 12.3. The Balaban J connectivity index is 2.12. The number of rotatable bonds is 5. The third kappa shape index (κ3) is 4.35. The molecule has 0 bridgehead atoms. The van der Waals surface area contributed by atoms with E-state index in [1.54, 1.807) is 12.1 Å². The number of aryl methyl sites for hydroxylation is 1. The molecule has 120 valence electrons. The van der Waals surface area contributed by atoms with Gasteiger partial charge in [-0.2, -0.15) is 0 Å². The Morgan fingerprint density at radius 1 is 1.09 bits per heavy atom. The van der Waals surface area contributed by atoms with E-state index < -0.39 is 29.6 Å². The van der Waals surface area contributed by atoms with Gasteiger partial charge in [-0.25, -0.2) is 13.6 Å². The summed E-state index contributed by atoms with van der Waals surface area (Å²) in [4.78, 5) is 23.3. The third-order valence-corrected chi connectivity index (χ3v) is 3.35. The molecule has 6 heteroatoms. The van der Waals surface area contributed by atoms with Gasteiger partial charge in [-0.3, -0.25) is 4.79 Å². The van der Waals surface area contributed by atoms with Crippen molar-refractivity contribution >= 4 is 11.9 Å². The summed E-state index contributed by atoms with van der Waals surface area (Å²) >= 11 is 0. The lowest BCUT2D eigenvalue weighted by Gasteiger charge is -2.15. The second kappa shape index (κ2) is 7.00. The summed E-state index contributed by atoms with van der Waals surface area (Å²) in [7, 11) is 0. The molecule has 0 unspecified atom stereocenters. The maximum Gasteiger partial charge on any atom is 0.326 e. The predicted molar refractivity (Wildman–Crippen MR) is 80.1 cm³/mol. The first-order valence-corrected chi connectivity index (χ1v) is 6.91. The molecule has 0 fully saturated rings. The highest BCUT2D eigenvalue weighted by atomic mass is 19.2. The third-order valence-electron chi connectivity index (χ3n) is 3.35. The molecule has 0 heterocycles. The van der Waals surface area contributed by atoms with Gasteiger partial charge >= 0.3 is 5.97 Å². The molecule has 0 aliphatic carbocycles. The molecule has 0 aromatic heterocycles. The quantitative estimate of drug-likeness (QED) is 0.890. The summed E-state index contributed by atoms with van der Waals surface area (Å²) in [5, 5.41) is 11.5. The molecule has 2 N–H and O–H groups in total. The highest BCUT2D eigenvalue weighted by Crippen LogP contribution is 2.10. The number of nitrogens with one attached hydrogen (secondary N) is 1. The largest absolute Gasteiger partial charge is 0.480 e. The number of hydrogen-bond donors (Lipinski definition) is 2. The molecule has 4 nitrogen and oxygen atoms in total. The fraction of sp³-hybridized carbons (Fsp3) is 0.176. The van der Waals surface area contributed by atoms with Gasteiger partial charge in [-0.1, -0.05) is 29.8 Å². The van der Waals surface area contributed by atoms with E-state index in [9.17, 15) is 23.5 Å². The zero-order valence-corrected chi connectivity index (χ0v) is 12.3. The molecule has 1 amide bonds. The number of amides is 1. The molecule has 2 aromatic carbocycles. The maximum atomic E-state index is 13.1. The van der Waals surface area contributed by atoms with Gasteiger partial charge in [0.15, 0.2) is 11.6 Å². The van der Waals surface area contributed by atoms with Gasteiger partial charge in [0, 0.05) is 12.0 Å². The van der Waals surface area contributed by atoms with Crippen molar-refractivity contribution in [3.63, 3.8) is 0 Å². The van der Waals surface area contributed by atoms with Crippen molar-refractivity contribution in [1.82, 2.24) is 5.32 Å². The van der Waals surface area contributed by atoms with Crippen LogP contribution in [0.5, 0.6) is 0 Å². The lowest BCUT2D eigenvalue weighted by atomic mass is 10.0. The average Bonchev–Trinajstić information content (AvgIpc) is 2.51. The van der Waals surface area contributed by atoms with Crippen LogP contribution in [-0.2, 0) is 11.2 Å². The first-order valence-electron chi connectivity index (χ1n) is 6.91. The molecule has 0 aliphatic rings. The van der Waals surface area contributed by atoms with Crippen molar-refractivity contribution < 1.29 is 23.5 Å². The van der Waals surface area contributed by atoms with Gasteiger partial charge in [0.1, 0.15) is 6.04 Å². The van der Waals surface area contributed by atoms with Crippen molar-refractivity contribution in [3.8, 4) is 0 Å². The van der Waals surface area contributed by atoms with Gasteiger partial charge < -0.3 is 10.4 Å². The first-order chi connectivity index (χ1) is 10.9. The molecule has 2 rings (SSSR count). The Labute approximate surface area is 131 Å². The number of carbonyl (C=O) groups is 2. The van der Waals surface area contributed by atoms with Crippen LogP contribution in [-0.4, -0.2) is 23.0 Å². The minimum Gasteiger partial charge on any atom is -0.480 e. The van der Waals surface area contributed by atoms with Crippen LogP contribution in [0.2, 0.25) is 0 Å². The lowest BCUT2D eigenvalue weighted by Crippen LogP contribution is -2.42. The highest BCUT2D eigenvalue weighted by Gasteiger charge is 2.21. The van der Waals surface area contributed by atoms with Crippen LogP contribution in [0.1, 0.15) is 21.5 Å². The number of carboxylic acids is 1. The van der Waals surface area contributed by atoms with E-state index in [0.29, 0.717) is 0 Å². The maximum absolute atomic E-state index is 13.1. The molecule has 23 heavy (non-hydrogen) atoms.